The van der Waals surface area contributed by atoms with Crippen LogP contribution >= 0.6 is 0 Å². The zero-order chi connectivity index (χ0) is 10.1. The molecule has 2 bridgehead atoms. The first kappa shape index (κ1) is 8.87. The van der Waals surface area contributed by atoms with Crippen molar-refractivity contribution in [1.29, 1.82) is 0 Å². The van der Waals surface area contributed by atoms with E-state index in [-0.39, 0.29) is 5.97 Å². The van der Waals surface area contributed by atoms with Crippen LogP contribution in [0.4, 0.5) is 5.69 Å². The van der Waals surface area contributed by atoms with Crippen molar-refractivity contribution in [3.05, 3.63) is 17.7 Å². The third kappa shape index (κ3) is 1.11. The summed E-state index contributed by atoms with van der Waals surface area (Å²) in [5, 5.41) is 2.93. The normalized spacial score (nSPS) is 10.7. The summed E-state index contributed by atoms with van der Waals surface area (Å²) in [6.45, 7) is 2.14. The van der Waals surface area contributed by atoms with E-state index in [0.717, 1.165) is 0 Å². The van der Waals surface area contributed by atoms with Crippen LogP contribution in [0.1, 0.15) is 17.3 Å². The van der Waals surface area contributed by atoms with Gasteiger partial charge in [-0.15, -0.1) is 0 Å². The first-order chi connectivity index (χ1) is 6.77. The van der Waals surface area contributed by atoms with Crippen LogP contribution in [0.25, 0.3) is 11.2 Å². The summed E-state index contributed by atoms with van der Waals surface area (Å²) in [4.78, 5) is 11.5. The Bertz CT molecular complexity index is 446. The number of fused-ring (bicyclic) bond motifs is 2. The van der Waals surface area contributed by atoms with Crippen molar-refractivity contribution in [3.63, 3.8) is 0 Å². The number of rotatable bonds is 3. The largest absolute Gasteiger partial charge is 0.462 e. The molecule has 0 aliphatic carbocycles. The molecule has 0 saturated carbocycles. The molecular formula is C10H11NO3. The fourth-order valence-corrected chi connectivity index (χ4v) is 1.51. The van der Waals surface area contributed by atoms with E-state index in [1.807, 2.05) is 6.07 Å². The maximum atomic E-state index is 11.5. The van der Waals surface area contributed by atoms with Crippen molar-refractivity contribution in [3.8, 4) is 0 Å². The molecule has 0 aromatic carbocycles. The first-order valence-electron chi connectivity index (χ1n) is 4.47. The summed E-state index contributed by atoms with van der Waals surface area (Å²) in [5.41, 5.74) is 2.46. The lowest BCUT2D eigenvalue weighted by atomic mass is 10.2. The Morgan fingerprint density at radius 1 is 1.50 bits per heavy atom. The van der Waals surface area contributed by atoms with Crippen molar-refractivity contribution in [1.82, 2.24) is 0 Å². The molecule has 0 aliphatic heterocycles. The predicted molar refractivity (Wildman–Crippen MR) is 52.9 cm³/mol. The summed E-state index contributed by atoms with van der Waals surface area (Å²) in [6, 6.07) is 3.59. The van der Waals surface area contributed by atoms with Gasteiger partial charge in [-0.25, -0.2) is 4.79 Å². The number of hydrogen-bond acceptors (Lipinski definition) is 4. The second-order valence-electron chi connectivity index (χ2n) is 2.88. The van der Waals surface area contributed by atoms with E-state index < -0.39 is 0 Å². The van der Waals surface area contributed by atoms with Crippen molar-refractivity contribution >= 4 is 22.8 Å². The highest BCUT2D eigenvalue weighted by molar-refractivity contribution is 6.07. The van der Waals surface area contributed by atoms with Gasteiger partial charge in [0, 0.05) is 7.05 Å². The molecule has 74 valence electrons. The Kier molecular flexibility index (Phi) is 2.04. The monoisotopic (exact) mass is 193 g/mol. The summed E-state index contributed by atoms with van der Waals surface area (Å²) < 4.78 is 10.3. The fraction of sp³-hybridized carbons (Fsp3) is 0.300. The SMILES string of the molecule is CCOC(=O)c1c(NC)c2ccc1o2. The fourth-order valence-electron chi connectivity index (χ4n) is 1.51. The highest BCUT2D eigenvalue weighted by Gasteiger charge is 2.22. The van der Waals surface area contributed by atoms with Crippen LogP contribution in [0.15, 0.2) is 16.5 Å². The van der Waals surface area contributed by atoms with Gasteiger partial charge in [-0.1, -0.05) is 0 Å². The summed E-state index contributed by atoms with van der Waals surface area (Å²) >= 11 is 0. The number of nitrogens with one attached hydrogen (secondary N) is 1. The minimum atomic E-state index is -0.341. The van der Waals surface area contributed by atoms with E-state index in [1.54, 1.807) is 20.0 Å². The van der Waals surface area contributed by atoms with Gasteiger partial charge in [0.1, 0.15) is 11.1 Å². The maximum absolute atomic E-state index is 11.5. The molecule has 2 aromatic heterocycles. The lowest BCUT2D eigenvalue weighted by Gasteiger charge is -2.03. The molecule has 0 spiro atoms. The minimum absolute atomic E-state index is 0.341. The van der Waals surface area contributed by atoms with Gasteiger partial charge in [0.25, 0.3) is 0 Å². The highest BCUT2D eigenvalue weighted by Crippen LogP contribution is 2.33. The van der Waals surface area contributed by atoms with Crippen LogP contribution in [0.5, 0.6) is 0 Å². The number of hydrogen-bond donors (Lipinski definition) is 1. The van der Waals surface area contributed by atoms with Crippen molar-refractivity contribution < 1.29 is 13.9 Å². The Labute approximate surface area is 81.2 Å². The molecule has 0 saturated heterocycles. The average molecular weight is 193 g/mol. The van der Waals surface area contributed by atoms with Gasteiger partial charge < -0.3 is 14.5 Å². The van der Waals surface area contributed by atoms with Crippen LogP contribution in [-0.4, -0.2) is 19.6 Å². The van der Waals surface area contributed by atoms with Gasteiger partial charge >= 0.3 is 5.97 Å². The molecule has 0 amide bonds. The standard InChI is InChI=1S/C10H11NO3/c1-3-13-10(12)8-6-4-5-7(14-6)9(8)11-2/h4-5,11H,3H2,1-2H3. The molecule has 2 rings (SSSR count). The van der Waals surface area contributed by atoms with Gasteiger partial charge in [-0.2, -0.15) is 0 Å². The number of esters is 1. The number of ether oxygens (including phenoxy) is 1. The van der Waals surface area contributed by atoms with Gasteiger partial charge in [0.2, 0.25) is 0 Å². The Hall–Kier alpha value is -1.71. The van der Waals surface area contributed by atoms with Gasteiger partial charge in [0.05, 0.1) is 12.3 Å². The molecule has 4 nitrogen and oxygen atoms in total. The molecule has 1 N–H and O–H groups in total. The van der Waals surface area contributed by atoms with E-state index >= 15 is 0 Å². The van der Waals surface area contributed by atoms with Crippen molar-refractivity contribution in [2.45, 2.75) is 6.92 Å². The highest BCUT2D eigenvalue weighted by atomic mass is 16.5. The molecule has 0 atom stereocenters. The van der Waals surface area contributed by atoms with Crippen molar-refractivity contribution in [2.24, 2.45) is 0 Å². The number of carbonyl (C=O) groups is 1. The van der Waals surface area contributed by atoms with Crippen LogP contribution < -0.4 is 5.32 Å². The number of benzene rings is 1. The predicted octanol–water partition coefficient (Wildman–Crippen LogP) is 2.09. The van der Waals surface area contributed by atoms with Crippen LogP contribution in [0.2, 0.25) is 0 Å². The molecule has 0 aliphatic rings. The van der Waals surface area contributed by atoms with E-state index in [9.17, 15) is 4.79 Å². The van der Waals surface area contributed by atoms with Gasteiger partial charge in [-0.05, 0) is 19.1 Å². The van der Waals surface area contributed by atoms with E-state index in [4.69, 9.17) is 9.15 Å². The van der Waals surface area contributed by atoms with E-state index in [1.165, 1.54) is 0 Å². The maximum Gasteiger partial charge on any atom is 0.344 e. The van der Waals surface area contributed by atoms with E-state index in [2.05, 4.69) is 5.32 Å². The Morgan fingerprint density at radius 3 is 2.86 bits per heavy atom. The second kappa shape index (κ2) is 3.21. The second-order valence-corrected chi connectivity index (χ2v) is 2.88. The van der Waals surface area contributed by atoms with Crippen molar-refractivity contribution in [2.75, 3.05) is 19.0 Å². The molecular weight excluding hydrogens is 182 g/mol. The van der Waals surface area contributed by atoms with Gasteiger partial charge in [-0.3, -0.25) is 0 Å². The van der Waals surface area contributed by atoms with Gasteiger partial charge in [0.15, 0.2) is 5.58 Å². The molecule has 2 heterocycles. The number of anilines is 1. The third-order valence-corrected chi connectivity index (χ3v) is 2.08. The number of furan rings is 2. The Morgan fingerprint density at radius 2 is 2.21 bits per heavy atom. The summed E-state index contributed by atoms with van der Waals surface area (Å²) in [7, 11) is 1.75. The topological polar surface area (TPSA) is 51.5 Å². The van der Waals surface area contributed by atoms with Crippen LogP contribution in [0, 0.1) is 0 Å². The van der Waals surface area contributed by atoms with Crippen LogP contribution in [-0.2, 0) is 4.74 Å². The van der Waals surface area contributed by atoms with E-state index in [0.29, 0.717) is 29.0 Å². The molecule has 14 heavy (non-hydrogen) atoms. The number of carbonyl (C=O) groups excluding carboxylic acids is 1. The lowest BCUT2D eigenvalue weighted by Crippen LogP contribution is -2.06. The lowest BCUT2D eigenvalue weighted by molar-refractivity contribution is 0.0529. The quantitative estimate of drug-likeness (QED) is 0.758. The summed E-state index contributed by atoms with van der Waals surface area (Å²) in [5.74, 6) is -0.341. The smallest absolute Gasteiger partial charge is 0.344 e. The molecule has 0 radical (unpaired) electrons. The first-order valence-corrected chi connectivity index (χ1v) is 4.47. The Balaban J connectivity index is 2.46. The summed E-state index contributed by atoms with van der Waals surface area (Å²) in [6.07, 6.45) is 0. The molecule has 2 aromatic rings. The molecule has 0 fully saturated rings. The third-order valence-electron chi connectivity index (χ3n) is 2.08. The molecule has 0 unspecified atom stereocenters. The van der Waals surface area contributed by atoms with Crippen LogP contribution in [0.3, 0.4) is 0 Å². The zero-order valence-corrected chi connectivity index (χ0v) is 8.09. The molecule has 4 heteroatoms. The minimum Gasteiger partial charge on any atom is -0.462 e. The average Bonchev–Trinajstić information content (AvgIpc) is 2.76. The zero-order valence-electron chi connectivity index (χ0n) is 8.09.